The van der Waals surface area contributed by atoms with E-state index in [1.165, 1.54) is 10.1 Å². The second-order valence-electron chi connectivity index (χ2n) is 3.48. The average molecular weight is 219 g/mol. The number of ether oxygens (including phenoxy) is 1. The molecule has 3 rings (SSSR count). The fourth-order valence-electron chi connectivity index (χ4n) is 1.82. The molecule has 76 valence electrons. The van der Waals surface area contributed by atoms with E-state index in [4.69, 9.17) is 4.74 Å². The Balaban J connectivity index is 2.07. The summed E-state index contributed by atoms with van der Waals surface area (Å²) in [6.07, 6.45) is -0.324. The van der Waals surface area contributed by atoms with Gasteiger partial charge in [-0.3, -0.25) is 0 Å². The van der Waals surface area contributed by atoms with Gasteiger partial charge in [-0.2, -0.15) is 0 Å². The van der Waals surface area contributed by atoms with Gasteiger partial charge >= 0.3 is 6.09 Å². The Bertz CT molecular complexity index is 520. The summed E-state index contributed by atoms with van der Waals surface area (Å²) in [6.45, 7) is 0.430. The van der Waals surface area contributed by atoms with Gasteiger partial charge in [0.1, 0.15) is 6.61 Å². The van der Waals surface area contributed by atoms with E-state index >= 15 is 0 Å². The smallest absolute Gasteiger partial charge is 0.407 e. The van der Waals surface area contributed by atoms with Crippen molar-refractivity contribution in [2.45, 2.75) is 6.04 Å². The van der Waals surface area contributed by atoms with Crippen LogP contribution in [0.25, 0.3) is 10.1 Å². The zero-order valence-corrected chi connectivity index (χ0v) is 8.71. The van der Waals surface area contributed by atoms with Crippen molar-refractivity contribution < 1.29 is 9.53 Å². The molecule has 1 saturated heterocycles. The predicted molar refractivity (Wildman–Crippen MR) is 59.0 cm³/mol. The summed E-state index contributed by atoms with van der Waals surface area (Å²) in [7, 11) is 0. The lowest BCUT2D eigenvalue weighted by molar-refractivity contribution is 0.177. The Morgan fingerprint density at radius 1 is 1.40 bits per heavy atom. The van der Waals surface area contributed by atoms with Crippen LogP contribution in [0.4, 0.5) is 4.79 Å². The van der Waals surface area contributed by atoms with Gasteiger partial charge in [0.25, 0.3) is 0 Å². The molecule has 1 aromatic carbocycles. The number of nitrogens with one attached hydrogen (secondary N) is 1. The second-order valence-corrected chi connectivity index (χ2v) is 4.39. The molecule has 1 amide bonds. The Hall–Kier alpha value is -1.55. The van der Waals surface area contributed by atoms with Crippen molar-refractivity contribution in [3.63, 3.8) is 0 Å². The van der Waals surface area contributed by atoms with E-state index in [0.29, 0.717) is 6.61 Å². The van der Waals surface area contributed by atoms with Gasteiger partial charge in [0, 0.05) is 4.70 Å². The summed E-state index contributed by atoms with van der Waals surface area (Å²) in [5.74, 6) is 0. The van der Waals surface area contributed by atoms with Crippen molar-refractivity contribution >= 4 is 27.5 Å². The first-order valence-electron chi connectivity index (χ1n) is 4.74. The van der Waals surface area contributed by atoms with Crippen LogP contribution in [-0.2, 0) is 4.74 Å². The van der Waals surface area contributed by atoms with Crippen molar-refractivity contribution in [1.82, 2.24) is 5.32 Å². The third-order valence-corrected chi connectivity index (χ3v) is 3.54. The molecule has 0 radical (unpaired) electrons. The van der Waals surface area contributed by atoms with Crippen molar-refractivity contribution in [3.05, 3.63) is 35.2 Å². The first kappa shape index (κ1) is 8.73. The summed E-state index contributed by atoms with van der Waals surface area (Å²) in [4.78, 5) is 11.0. The summed E-state index contributed by atoms with van der Waals surface area (Å²) < 4.78 is 6.14. The average Bonchev–Trinajstić information content (AvgIpc) is 2.83. The lowest BCUT2D eigenvalue weighted by Crippen LogP contribution is -2.17. The lowest BCUT2D eigenvalue weighted by atomic mass is 10.1. The normalized spacial score (nSPS) is 20.3. The number of amides is 1. The molecule has 15 heavy (non-hydrogen) atoms. The molecule has 2 aromatic rings. The van der Waals surface area contributed by atoms with Crippen LogP contribution in [0.1, 0.15) is 11.6 Å². The number of thiophene rings is 1. The Labute approximate surface area is 90.7 Å². The van der Waals surface area contributed by atoms with E-state index in [9.17, 15) is 4.79 Å². The van der Waals surface area contributed by atoms with Gasteiger partial charge in [0.15, 0.2) is 0 Å². The van der Waals surface area contributed by atoms with Crippen LogP contribution in [0.2, 0.25) is 0 Å². The summed E-state index contributed by atoms with van der Waals surface area (Å²) in [6, 6.07) is 8.20. The van der Waals surface area contributed by atoms with E-state index in [1.807, 2.05) is 12.1 Å². The molecule has 4 heteroatoms. The quantitative estimate of drug-likeness (QED) is 0.800. The number of fused-ring (bicyclic) bond motifs is 1. The van der Waals surface area contributed by atoms with Gasteiger partial charge in [0.2, 0.25) is 0 Å². The molecule has 1 atom stereocenters. The number of alkyl carbamates (subject to hydrolysis) is 1. The molecule has 0 bridgehead atoms. The summed E-state index contributed by atoms with van der Waals surface area (Å²) in [5, 5.41) is 6.09. The Morgan fingerprint density at radius 2 is 2.27 bits per heavy atom. The molecule has 0 spiro atoms. The first-order valence-corrected chi connectivity index (χ1v) is 5.62. The van der Waals surface area contributed by atoms with Crippen LogP contribution in [0, 0.1) is 0 Å². The minimum atomic E-state index is -0.324. The van der Waals surface area contributed by atoms with Crippen LogP contribution < -0.4 is 5.32 Å². The van der Waals surface area contributed by atoms with Crippen molar-refractivity contribution in [2.75, 3.05) is 6.61 Å². The van der Waals surface area contributed by atoms with Gasteiger partial charge in [0.05, 0.1) is 6.04 Å². The zero-order valence-electron chi connectivity index (χ0n) is 7.90. The maximum absolute atomic E-state index is 11.0. The van der Waals surface area contributed by atoms with Crippen molar-refractivity contribution in [3.8, 4) is 0 Å². The van der Waals surface area contributed by atoms with Gasteiger partial charge < -0.3 is 10.1 Å². The molecule has 1 aliphatic rings. The highest BCUT2D eigenvalue weighted by Crippen LogP contribution is 2.31. The van der Waals surface area contributed by atoms with Crippen LogP contribution in [-0.4, -0.2) is 12.7 Å². The van der Waals surface area contributed by atoms with E-state index in [0.717, 1.165) is 5.56 Å². The zero-order chi connectivity index (χ0) is 10.3. The van der Waals surface area contributed by atoms with Crippen LogP contribution >= 0.6 is 11.3 Å². The Morgan fingerprint density at radius 3 is 3.07 bits per heavy atom. The molecule has 1 fully saturated rings. The number of hydrogen-bond donors (Lipinski definition) is 1. The molecule has 1 N–H and O–H groups in total. The standard InChI is InChI=1S/C11H9NO2S/c13-11-12-9(5-14-11)8-6-15-10-4-2-1-3-7(8)10/h1-4,6,9H,5H2,(H,12,13)/t9-/m1/s1. The van der Waals surface area contributed by atoms with Gasteiger partial charge in [-0.05, 0) is 22.4 Å². The first-order chi connectivity index (χ1) is 7.34. The summed E-state index contributed by atoms with van der Waals surface area (Å²) >= 11 is 1.70. The number of rotatable bonds is 1. The number of carbonyl (C=O) groups excluding carboxylic acids is 1. The fraction of sp³-hybridized carbons (Fsp3) is 0.182. The van der Waals surface area contributed by atoms with Crippen LogP contribution in [0.3, 0.4) is 0 Å². The van der Waals surface area contributed by atoms with Crippen molar-refractivity contribution in [2.24, 2.45) is 0 Å². The van der Waals surface area contributed by atoms with Gasteiger partial charge in [-0.1, -0.05) is 18.2 Å². The minimum absolute atomic E-state index is 0.00801. The van der Waals surface area contributed by atoms with E-state index < -0.39 is 0 Å². The molecule has 0 unspecified atom stereocenters. The number of benzene rings is 1. The Kier molecular flexibility index (Phi) is 1.89. The highest BCUT2D eigenvalue weighted by Gasteiger charge is 2.25. The molecular weight excluding hydrogens is 210 g/mol. The van der Waals surface area contributed by atoms with E-state index in [1.54, 1.807) is 11.3 Å². The van der Waals surface area contributed by atoms with E-state index in [2.05, 4.69) is 22.8 Å². The highest BCUT2D eigenvalue weighted by atomic mass is 32.1. The highest BCUT2D eigenvalue weighted by molar-refractivity contribution is 7.17. The maximum atomic E-state index is 11.0. The maximum Gasteiger partial charge on any atom is 0.407 e. The van der Waals surface area contributed by atoms with Gasteiger partial charge in [-0.25, -0.2) is 4.79 Å². The molecule has 3 nitrogen and oxygen atoms in total. The van der Waals surface area contributed by atoms with Gasteiger partial charge in [-0.15, -0.1) is 11.3 Å². The largest absolute Gasteiger partial charge is 0.447 e. The summed E-state index contributed by atoms with van der Waals surface area (Å²) in [5.41, 5.74) is 1.15. The third kappa shape index (κ3) is 1.37. The van der Waals surface area contributed by atoms with E-state index in [-0.39, 0.29) is 12.1 Å². The lowest BCUT2D eigenvalue weighted by Gasteiger charge is -2.04. The molecule has 2 heterocycles. The van der Waals surface area contributed by atoms with Crippen LogP contribution in [0.15, 0.2) is 29.6 Å². The third-order valence-electron chi connectivity index (χ3n) is 2.56. The number of cyclic esters (lactones) is 1. The minimum Gasteiger partial charge on any atom is -0.447 e. The molecule has 0 saturated carbocycles. The predicted octanol–water partition coefficient (Wildman–Crippen LogP) is 2.68. The topological polar surface area (TPSA) is 38.3 Å². The fourth-order valence-corrected chi connectivity index (χ4v) is 2.84. The molecular formula is C11H9NO2S. The molecule has 1 aliphatic heterocycles. The second kappa shape index (κ2) is 3.24. The molecule has 1 aromatic heterocycles. The number of carbonyl (C=O) groups is 1. The molecule has 0 aliphatic carbocycles. The number of hydrogen-bond acceptors (Lipinski definition) is 3. The van der Waals surface area contributed by atoms with Crippen molar-refractivity contribution in [1.29, 1.82) is 0 Å². The monoisotopic (exact) mass is 219 g/mol. The van der Waals surface area contributed by atoms with Crippen LogP contribution in [0.5, 0.6) is 0 Å². The SMILES string of the molecule is O=C1N[C@@H](c2csc3ccccc23)CO1.